The molecular weight excluding hydrogens is 487 g/mol. The SMILES string of the molecule is C[C@@H](NC(=O)NC1N=C(c2ccccc2F)c2ccccc2N(C)C1=O)c1ccc(Br)cc1. The van der Waals surface area contributed by atoms with Crippen LogP contribution in [0, 0.1) is 5.82 Å². The lowest BCUT2D eigenvalue weighted by atomic mass is 10.00. The van der Waals surface area contributed by atoms with Gasteiger partial charge in [0.1, 0.15) is 5.82 Å². The number of hydrogen-bond donors (Lipinski definition) is 2. The fourth-order valence-corrected chi connectivity index (χ4v) is 3.95. The van der Waals surface area contributed by atoms with E-state index in [0.29, 0.717) is 17.0 Å². The van der Waals surface area contributed by atoms with Crippen molar-refractivity contribution in [3.8, 4) is 0 Å². The summed E-state index contributed by atoms with van der Waals surface area (Å²) >= 11 is 3.39. The van der Waals surface area contributed by atoms with Crippen LogP contribution >= 0.6 is 15.9 Å². The second kappa shape index (κ2) is 9.54. The van der Waals surface area contributed by atoms with Crippen molar-refractivity contribution in [3.63, 3.8) is 0 Å². The van der Waals surface area contributed by atoms with Gasteiger partial charge in [0.2, 0.25) is 6.17 Å². The molecule has 0 saturated carbocycles. The molecule has 2 atom stereocenters. The number of fused-ring (bicyclic) bond motifs is 1. The predicted molar refractivity (Wildman–Crippen MR) is 130 cm³/mol. The van der Waals surface area contributed by atoms with Gasteiger partial charge in [-0.05, 0) is 42.8 Å². The summed E-state index contributed by atoms with van der Waals surface area (Å²) in [6, 6.07) is 20.1. The standard InChI is InChI=1S/C25H22BrFN4O2/c1-15(16-11-13-17(26)14-12-16)28-25(33)30-23-24(32)31(2)21-10-6-4-8-19(21)22(29-23)18-7-3-5-9-20(18)27/h3-15,23H,1-2H3,(H2,28,30,33)/t15-,23?/m1/s1. The molecule has 1 aliphatic rings. The molecular formula is C25H22BrFN4O2. The van der Waals surface area contributed by atoms with E-state index in [2.05, 4.69) is 31.6 Å². The highest BCUT2D eigenvalue weighted by atomic mass is 79.9. The lowest BCUT2D eigenvalue weighted by molar-refractivity contribution is -0.119. The summed E-state index contributed by atoms with van der Waals surface area (Å²) in [5.41, 5.74) is 2.64. The molecule has 0 saturated heterocycles. The molecule has 3 amide bonds. The summed E-state index contributed by atoms with van der Waals surface area (Å²) in [5, 5.41) is 5.47. The number of nitrogens with one attached hydrogen (secondary N) is 2. The highest BCUT2D eigenvalue weighted by molar-refractivity contribution is 9.10. The number of amides is 3. The number of carbonyl (C=O) groups is 2. The number of urea groups is 1. The monoisotopic (exact) mass is 508 g/mol. The van der Waals surface area contributed by atoms with Gasteiger partial charge in [0.25, 0.3) is 5.91 Å². The van der Waals surface area contributed by atoms with Gasteiger partial charge in [0.15, 0.2) is 0 Å². The maximum absolute atomic E-state index is 14.7. The summed E-state index contributed by atoms with van der Waals surface area (Å²) in [4.78, 5) is 31.9. The Bertz CT molecular complexity index is 1230. The summed E-state index contributed by atoms with van der Waals surface area (Å²) in [6.07, 6.45) is -1.23. The number of para-hydroxylation sites is 1. The summed E-state index contributed by atoms with van der Waals surface area (Å²) in [7, 11) is 1.61. The molecule has 0 aliphatic carbocycles. The maximum atomic E-state index is 14.7. The number of anilines is 1. The predicted octanol–water partition coefficient (Wildman–Crippen LogP) is 4.79. The van der Waals surface area contributed by atoms with Crippen molar-refractivity contribution in [1.82, 2.24) is 10.6 Å². The number of carbonyl (C=O) groups excluding carboxylic acids is 2. The van der Waals surface area contributed by atoms with Crippen LogP contribution in [0.5, 0.6) is 0 Å². The van der Waals surface area contributed by atoms with Crippen molar-refractivity contribution in [3.05, 3.63) is 99.8 Å². The van der Waals surface area contributed by atoms with Crippen LogP contribution < -0.4 is 15.5 Å². The van der Waals surface area contributed by atoms with Crippen LogP contribution in [0.1, 0.15) is 29.7 Å². The van der Waals surface area contributed by atoms with Gasteiger partial charge in [-0.1, -0.05) is 58.4 Å². The fourth-order valence-electron chi connectivity index (χ4n) is 3.68. The maximum Gasteiger partial charge on any atom is 0.317 e. The molecule has 2 N–H and O–H groups in total. The first-order chi connectivity index (χ1) is 15.8. The lowest BCUT2D eigenvalue weighted by Gasteiger charge is -2.22. The molecule has 1 heterocycles. The second-order valence-corrected chi connectivity index (χ2v) is 8.58. The summed E-state index contributed by atoms with van der Waals surface area (Å²) in [6.45, 7) is 1.84. The fraction of sp³-hybridized carbons (Fsp3) is 0.160. The second-order valence-electron chi connectivity index (χ2n) is 7.67. The van der Waals surface area contributed by atoms with Gasteiger partial charge >= 0.3 is 6.03 Å². The van der Waals surface area contributed by atoms with Crippen LogP contribution in [0.2, 0.25) is 0 Å². The van der Waals surface area contributed by atoms with E-state index in [4.69, 9.17) is 0 Å². The molecule has 0 spiro atoms. The number of hydrogen-bond acceptors (Lipinski definition) is 3. The largest absolute Gasteiger partial charge is 0.332 e. The van der Waals surface area contributed by atoms with Gasteiger partial charge in [-0.15, -0.1) is 0 Å². The van der Waals surface area contributed by atoms with Crippen molar-refractivity contribution >= 4 is 39.3 Å². The smallest absolute Gasteiger partial charge is 0.317 e. The number of nitrogens with zero attached hydrogens (tertiary/aromatic N) is 2. The Hall–Kier alpha value is -3.52. The van der Waals surface area contributed by atoms with Gasteiger partial charge in [-0.3, -0.25) is 4.79 Å². The number of benzodiazepines with no additional fused rings is 1. The van der Waals surface area contributed by atoms with Crippen LogP contribution in [-0.2, 0) is 4.79 Å². The van der Waals surface area contributed by atoms with Gasteiger partial charge in [0.05, 0.1) is 17.4 Å². The van der Waals surface area contributed by atoms with Crippen molar-refractivity contribution in [1.29, 1.82) is 0 Å². The molecule has 1 unspecified atom stereocenters. The van der Waals surface area contributed by atoms with Crippen LogP contribution in [0.25, 0.3) is 0 Å². The molecule has 1 aliphatic heterocycles. The molecule has 6 nitrogen and oxygen atoms in total. The number of likely N-dealkylation sites (N-methyl/N-ethyl adjacent to an activating group) is 1. The Morgan fingerprint density at radius 3 is 2.36 bits per heavy atom. The van der Waals surface area contributed by atoms with Gasteiger partial charge in [-0.2, -0.15) is 0 Å². The summed E-state index contributed by atoms with van der Waals surface area (Å²) in [5.74, 6) is -0.893. The molecule has 3 aromatic rings. The Labute approximate surface area is 199 Å². The first-order valence-corrected chi connectivity index (χ1v) is 11.2. The van der Waals surface area contributed by atoms with E-state index in [9.17, 15) is 14.0 Å². The molecule has 0 bridgehead atoms. The van der Waals surface area contributed by atoms with Crippen LogP contribution in [0.4, 0.5) is 14.9 Å². The third-order valence-electron chi connectivity index (χ3n) is 5.46. The third-order valence-corrected chi connectivity index (χ3v) is 5.99. The van der Waals surface area contributed by atoms with E-state index in [0.717, 1.165) is 10.0 Å². The van der Waals surface area contributed by atoms with Crippen molar-refractivity contribution in [2.75, 3.05) is 11.9 Å². The summed E-state index contributed by atoms with van der Waals surface area (Å²) < 4.78 is 15.6. The molecule has 0 fully saturated rings. The number of rotatable bonds is 4. The zero-order chi connectivity index (χ0) is 23.5. The molecule has 3 aromatic carbocycles. The minimum absolute atomic E-state index is 0.253. The molecule has 0 aromatic heterocycles. The van der Waals surface area contributed by atoms with E-state index in [-0.39, 0.29) is 11.6 Å². The molecule has 168 valence electrons. The van der Waals surface area contributed by atoms with E-state index in [1.165, 1.54) is 11.0 Å². The van der Waals surface area contributed by atoms with E-state index >= 15 is 0 Å². The molecule has 0 radical (unpaired) electrons. The average molecular weight is 509 g/mol. The number of aliphatic imine (C=N–C) groups is 1. The molecule has 33 heavy (non-hydrogen) atoms. The van der Waals surface area contributed by atoms with Crippen molar-refractivity contribution < 1.29 is 14.0 Å². The molecule has 4 rings (SSSR count). The average Bonchev–Trinajstić information content (AvgIpc) is 2.90. The molecule has 8 heteroatoms. The van der Waals surface area contributed by atoms with Gasteiger partial charge in [-0.25, -0.2) is 14.2 Å². The zero-order valence-corrected chi connectivity index (χ0v) is 19.6. The first kappa shape index (κ1) is 22.7. The minimum Gasteiger partial charge on any atom is -0.332 e. The Morgan fingerprint density at radius 1 is 1.03 bits per heavy atom. The van der Waals surface area contributed by atoms with E-state index in [1.807, 2.05) is 31.2 Å². The lowest BCUT2D eigenvalue weighted by Crippen LogP contribution is -2.49. The Kier molecular flexibility index (Phi) is 6.55. The van der Waals surface area contributed by atoms with E-state index in [1.54, 1.807) is 49.5 Å². The van der Waals surface area contributed by atoms with Crippen LogP contribution in [0.3, 0.4) is 0 Å². The van der Waals surface area contributed by atoms with Gasteiger partial charge < -0.3 is 15.5 Å². The first-order valence-electron chi connectivity index (χ1n) is 10.4. The number of halogens is 2. The van der Waals surface area contributed by atoms with Crippen molar-refractivity contribution in [2.24, 2.45) is 4.99 Å². The third kappa shape index (κ3) is 4.80. The zero-order valence-electron chi connectivity index (χ0n) is 18.0. The Morgan fingerprint density at radius 2 is 1.67 bits per heavy atom. The topological polar surface area (TPSA) is 73.8 Å². The highest BCUT2D eigenvalue weighted by Crippen LogP contribution is 2.28. The van der Waals surface area contributed by atoms with Gasteiger partial charge in [0, 0.05) is 22.6 Å². The highest BCUT2D eigenvalue weighted by Gasteiger charge is 2.31. The minimum atomic E-state index is -1.23. The van der Waals surface area contributed by atoms with Crippen molar-refractivity contribution in [2.45, 2.75) is 19.1 Å². The quantitative estimate of drug-likeness (QED) is 0.531. The van der Waals surface area contributed by atoms with Crippen LogP contribution in [0.15, 0.2) is 82.3 Å². The Balaban J connectivity index is 1.65. The van der Waals surface area contributed by atoms with E-state index < -0.39 is 23.9 Å². The van der Waals surface area contributed by atoms with Crippen LogP contribution in [-0.4, -0.2) is 30.9 Å². The normalized spacial score (nSPS) is 16.4. The number of benzene rings is 3.